The average Bonchev–Trinajstić information content (AvgIpc) is 2.29. The Kier molecular flexibility index (Phi) is 4.72. The third-order valence-corrected chi connectivity index (χ3v) is 2.23. The fraction of sp³-hybridized carbons (Fsp3) is 0.455. The molecule has 0 amide bonds. The van der Waals surface area contributed by atoms with Crippen LogP contribution in [0.2, 0.25) is 0 Å². The van der Waals surface area contributed by atoms with E-state index < -0.39 is 5.97 Å². The van der Waals surface area contributed by atoms with E-state index in [-0.39, 0.29) is 11.8 Å². The molecule has 1 rings (SSSR count). The molecule has 0 aromatic carbocycles. The van der Waals surface area contributed by atoms with Gasteiger partial charge in [-0.25, -0.2) is 9.78 Å². The Morgan fingerprint density at radius 2 is 2.38 bits per heavy atom. The summed E-state index contributed by atoms with van der Waals surface area (Å²) in [4.78, 5) is 14.6. The normalized spacial score (nSPS) is 12.1. The number of aromatic nitrogens is 1. The number of anilines is 1. The second kappa shape index (κ2) is 6.07. The number of nitrogens with one attached hydrogen (secondary N) is 1. The average molecular weight is 224 g/mol. The first-order chi connectivity index (χ1) is 7.63. The van der Waals surface area contributed by atoms with Crippen LogP contribution in [0.15, 0.2) is 18.2 Å². The number of carboxylic acid groups (broad SMARTS) is 1. The van der Waals surface area contributed by atoms with Crippen LogP contribution in [0, 0.1) is 0 Å². The largest absolute Gasteiger partial charge is 0.477 e. The van der Waals surface area contributed by atoms with Crippen LogP contribution in [0.1, 0.15) is 23.8 Å². The van der Waals surface area contributed by atoms with Gasteiger partial charge in [0.05, 0.1) is 6.10 Å². The zero-order chi connectivity index (χ0) is 12.0. The Morgan fingerprint density at radius 1 is 1.62 bits per heavy atom. The van der Waals surface area contributed by atoms with Crippen LogP contribution >= 0.6 is 0 Å². The standard InChI is InChI=1S/C11H16N2O3/c1-8(16-2)6-7-12-10-5-3-4-9(13-10)11(14)15/h3-5,8H,6-7H2,1-2H3,(H,12,13)(H,14,15). The Hall–Kier alpha value is -1.62. The zero-order valence-electron chi connectivity index (χ0n) is 9.43. The summed E-state index contributed by atoms with van der Waals surface area (Å²) in [7, 11) is 1.66. The van der Waals surface area contributed by atoms with Crippen LogP contribution in [0.3, 0.4) is 0 Å². The maximum atomic E-state index is 10.7. The van der Waals surface area contributed by atoms with E-state index >= 15 is 0 Å². The SMILES string of the molecule is COC(C)CCNc1cccc(C(=O)O)n1. The van der Waals surface area contributed by atoms with Gasteiger partial charge in [-0.2, -0.15) is 0 Å². The number of ether oxygens (including phenoxy) is 1. The van der Waals surface area contributed by atoms with Gasteiger partial charge in [0.15, 0.2) is 5.69 Å². The monoisotopic (exact) mass is 224 g/mol. The molecule has 0 bridgehead atoms. The highest BCUT2D eigenvalue weighted by Crippen LogP contribution is 2.05. The molecule has 1 atom stereocenters. The lowest BCUT2D eigenvalue weighted by Crippen LogP contribution is -2.13. The summed E-state index contributed by atoms with van der Waals surface area (Å²) < 4.78 is 5.10. The molecule has 0 saturated carbocycles. The molecule has 88 valence electrons. The van der Waals surface area contributed by atoms with Gasteiger partial charge >= 0.3 is 5.97 Å². The molecule has 2 N–H and O–H groups in total. The van der Waals surface area contributed by atoms with Crippen LogP contribution in [0.25, 0.3) is 0 Å². The number of aromatic carboxylic acids is 1. The van der Waals surface area contributed by atoms with Crippen molar-refractivity contribution in [1.82, 2.24) is 4.98 Å². The number of hydrogen-bond acceptors (Lipinski definition) is 4. The fourth-order valence-electron chi connectivity index (χ4n) is 1.17. The minimum atomic E-state index is -1.02. The molecule has 16 heavy (non-hydrogen) atoms. The van der Waals surface area contributed by atoms with Crippen LogP contribution in [0.5, 0.6) is 0 Å². The first-order valence-electron chi connectivity index (χ1n) is 5.10. The van der Waals surface area contributed by atoms with Gasteiger partial charge in [0.1, 0.15) is 5.82 Å². The molecule has 1 aromatic rings. The summed E-state index contributed by atoms with van der Waals surface area (Å²) >= 11 is 0. The number of carbonyl (C=O) groups is 1. The van der Waals surface area contributed by atoms with Crippen molar-refractivity contribution in [2.24, 2.45) is 0 Å². The Balaban J connectivity index is 2.48. The first kappa shape index (κ1) is 12.4. The minimum absolute atomic E-state index is 0.0461. The zero-order valence-corrected chi connectivity index (χ0v) is 9.43. The van der Waals surface area contributed by atoms with Gasteiger partial charge in [-0.05, 0) is 25.5 Å². The van der Waals surface area contributed by atoms with E-state index in [1.807, 2.05) is 6.92 Å². The summed E-state index contributed by atoms with van der Waals surface area (Å²) in [5, 5.41) is 11.8. The van der Waals surface area contributed by atoms with Gasteiger partial charge < -0.3 is 15.2 Å². The van der Waals surface area contributed by atoms with E-state index in [0.29, 0.717) is 12.4 Å². The summed E-state index contributed by atoms with van der Waals surface area (Å²) in [6, 6.07) is 4.87. The smallest absolute Gasteiger partial charge is 0.354 e. The van der Waals surface area contributed by atoms with E-state index in [1.54, 1.807) is 19.2 Å². The predicted octanol–water partition coefficient (Wildman–Crippen LogP) is 1.62. The van der Waals surface area contributed by atoms with E-state index in [4.69, 9.17) is 9.84 Å². The highest BCUT2D eigenvalue weighted by molar-refractivity contribution is 5.85. The van der Waals surface area contributed by atoms with Crippen LogP contribution in [-0.2, 0) is 4.74 Å². The maximum Gasteiger partial charge on any atom is 0.354 e. The summed E-state index contributed by atoms with van der Waals surface area (Å²) in [5.74, 6) is -0.447. The lowest BCUT2D eigenvalue weighted by atomic mass is 10.3. The van der Waals surface area contributed by atoms with Gasteiger partial charge in [-0.15, -0.1) is 0 Å². The molecule has 5 nitrogen and oxygen atoms in total. The summed E-state index contributed by atoms with van der Waals surface area (Å²) in [6.45, 7) is 2.67. The van der Waals surface area contributed by atoms with E-state index in [2.05, 4.69) is 10.3 Å². The molecule has 1 aromatic heterocycles. The van der Waals surface area contributed by atoms with Crippen molar-refractivity contribution in [1.29, 1.82) is 0 Å². The molecule has 0 aliphatic rings. The minimum Gasteiger partial charge on any atom is -0.477 e. The number of nitrogens with zero attached hydrogens (tertiary/aromatic N) is 1. The predicted molar refractivity (Wildman–Crippen MR) is 60.8 cm³/mol. The molecule has 5 heteroatoms. The Morgan fingerprint density at radius 3 is 3.00 bits per heavy atom. The third kappa shape index (κ3) is 3.86. The lowest BCUT2D eigenvalue weighted by Gasteiger charge is -2.10. The second-order valence-corrected chi connectivity index (χ2v) is 3.47. The summed E-state index contributed by atoms with van der Waals surface area (Å²) in [5.41, 5.74) is 0.0461. The summed E-state index contributed by atoms with van der Waals surface area (Å²) in [6.07, 6.45) is 1.02. The number of carboxylic acids is 1. The fourth-order valence-corrected chi connectivity index (χ4v) is 1.17. The van der Waals surface area contributed by atoms with Gasteiger partial charge in [0, 0.05) is 13.7 Å². The van der Waals surface area contributed by atoms with Crippen molar-refractivity contribution in [3.05, 3.63) is 23.9 Å². The van der Waals surface area contributed by atoms with Crippen molar-refractivity contribution < 1.29 is 14.6 Å². The van der Waals surface area contributed by atoms with E-state index in [0.717, 1.165) is 6.42 Å². The molecule has 1 unspecified atom stereocenters. The van der Waals surface area contributed by atoms with Gasteiger partial charge in [-0.3, -0.25) is 0 Å². The molecule has 0 aliphatic carbocycles. The number of rotatable bonds is 6. The second-order valence-electron chi connectivity index (χ2n) is 3.47. The maximum absolute atomic E-state index is 10.7. The number of hydrogen-bond donors (Lipinski definition) is 2. The van der Waals surface area contributed by atoms with Gasteiger partial charge in [0.25, 0.3) is 0 Å². The van der Waals surface area contributed by atoms with Gasteiger partial charge in [0.2, 0.25) is 0 Å². The molecule has 0 spiro atoms. The Bertz CT molecular complexity index is 355. The molecular weight excluding hydrogens is 208 g/mol. The van der Waals surface area contributed by atoms with Crippen molar-refractivity contribution >= 4 is 11.8 Å². The topological polar surface area (TPSA) is 71.5 Å². The van der Waals surface area contributed by atoms with Crippen LogP contribution in [0.4, 0.5) is 5.82 Å². The molecular formula is C11H16N2O3. The molecule has 1 heterocycles. The van der Waals surface area contributed by atoms with Crippen molar-refractivity contribution in [2.75, 3.05) is 19.0 Å². The molecule has 0 aliphatic heterocycles. The molecule has 0 fully saturated rings. The number of methoxy groups -OCH3 is 1. The lowest BCUT2D eigenvalue weighted by molar-refractivity contribution is 0.0690. The Labute approximate surface area is 94.5 Å². The third-order valence-electron chi connectivity index (χ3n) is 2.23. The highest BCUT2D eigenvalue weighted by Gasteiger charge is 2.05. The highest BCUT2D eigenvalue weighted by atomic mass is 16.5. The number of pyridine rings is 1. The quantitative estimate of drug-likeness (QED) is 0.768. The van der Waals surface area contributed by atoms with Crippen LogP contribution < -0.4 is 5.32 Å². The molecule has 0 radical (unpaired) electrons. The molecule has 0 saturated heterocycles. The van der Waals surface area contributed by atoms with E-state index in [1.165, 1.54) is 6.07 Å². The van der Waals surface area contributed by atoms with E-state index in [9.17, 15) is 4.79 Å². The van der Waals surface area contributed by atoms with Crippen LogP contribution in [-0.4, -0.2) is 35.8 Å². The van der Waals surface area contributed by atoms with Crippen molar-refractivity contribution in [2.45, 2.75) is 19.4 Å². The van der Waals surface area contributed by atoms with Crippen molar-refractivity contribution in [3.8, 4) is 0 Å². The van der Waals surface area contributed by atoms with Gasteiger partial charge in [-0.1, -0.05) is 6.07 Å². The first-order valence-corrected chi connectivity index (χ1v) is 5.10. The van der Waals surface area contributed by atoms with Crippen molar-refractivity contribution in [3.63, 3.8) is 0 Å².